The zero-order valence-electron chi connectivity index (χ0n) is 31.6. The van der Waals surface area contributed by atoms with Gasteiger partial charge in [0.1, 0.15) is 5.01 Å². The van der Waals surface area contributed by atoms with Gasteiger partial charge in [-0.15, -0.1) is 11.3 Å². The number of rotatable bonds is 6. The van der Waals surface area contributed by atoms with Crippen LogP contribution in [-0.2, 0) is 0 Å². The lowest BCUT2D eigenvalue weighted by Crippen LogP contribution is -2.04. The molecule has 12 aromatic rings. The van der Waals surface area contributed by atoms with Crippen LogP contribution in [0.3, 0.4) is 0 Å². The van der Waals surface area contributed by atoms with E-state index in [4.69, 9.17) is 19.9 Å². The highest BCUT2D eigenvalue weighted by Crippen LogP contribution is 2.44. The van der Waals surface area contributed by atoms with Crippen molar-refractivity contribution in [2.24, 2.45) is 0 Å². The van der Waals surface area contributed by atoms with Crippen LogP contribution in [-0.4, -0.2) is 29.1 Å². The molecule has 0 fully saturated rings. The van der Waals surface area contributed by atoms with Gasteiger partial charge in [0.2, 0.25) is 0 Å². The molecule has 0 saturated heterocycles. The summed E-state index contributed by atoms with van der Waals surface area (Å²) in [6.07, 6.45) is 0. The van der Waals surface area contributed by atoms with Crippen LogP contribution in [0.15, 0.2) is 194 Å². The van der Waals surface area contributed by atoms with Crippen molar-refractivity contribution in [2.75, 3.05) is 0 Å². The Morgan fingerprint density at radius 3 is 1.69 bits per heavy atom. The van der Waals surface area contributed by atoms with E-state index < -0.39 is 0 Å². The first kappa shape index (κ1) is 33.4. The van der Waals surface area contributed by atoms with Crippen LogP contribution in [0.5, 0.6) is 0 Å². The number of para-hydroxylation sites is 4. The van der Waals surface area contributed by atoms with Gasteiger partial charge in [-0.3, -0.25) is 0 Å². The Balaban J connectivity index is 1.22. The molecule has 0 amide bonds. The average Bonchev–Trinajstić information content (AvgIpc) is 4.00. The van der Waals surface area contributed by atoms with Crippen molar-refractivity contribution in [3.8, 4) is 56.1 Å². The van der Waals surface area contributed by atoms with Gasteiger partial charge in [0.05, 0.1) is 38.0 Å². The Morgan fingerprint density at radius 2 is 0.983 bits per heavy atom. The van der Waals surface area contributed by atoms with Gasteiger partial charge in [-0.25, -0.2) is 19.9 Å². The molecule has 0 radical (unpaired) electrons. The molecule has 12 rings (SSSR count). The van der Waals surface area contributed by atoms with E-state index in [1.54, 1.807) is 11.3 Å². The standard InChI is InChI=1S/C52H32N6S/c1-4-16-33(17-5-1)49-54-50(34-18-6-2-7-19-34)56-51(55-49)40-32-35(52-53-41-24-12-15-27-46(41)59-52)28-30-44(40)58-42-25-13-10-22-37(42)38-29-31-45-47(48(38)58)39-23-11-14-26-43(39)57(45)36-20-8-3-9-21-36/h1-32H. The fraction of sp³-hybridized carbons (Fsp3) is 0. The maximum atomic E-state index is 5.31. The fourth-order valence-corrected chi connectivity index (χ4v) is 9.54. The van der Waals surface area contributed by atoms with Gasteiger partial charge in [-0.1, -0.05) is 133 Å². The molecule has 8 aromatic carbocycles. The first-order valence-electron chi connectivity index (χ1n) is 19.7. The topological polar surface area (TPSA) is 61.4 Å². The lowest BCUT2D eigenvalue weighted by molar-refractivity contribution is 1.06. The monoisotopic (exact) mass is 772 g/mol. The summed E-state index contributed by atoms with van der Waals surface area (Å²) in [5.74, 6) is 1.81. The van der Waals surface area contributed by atoms with E-state index in [-0.39, 0.29) is 0 Å². The molecule has 0 aliphatic heterocycles. The normalized spacial score (nSPS) is 11.7. The van der Waals surface area contributed by atoms with Crippen LogP contribution in [0.4, 0.5) is 0 Å². The van der Waals surface area contributed by atoms with Crippen LogP contribution in [0.2, 0.25) is 0 Å². The van der Waals surface area contributed by atoms with Crippen molar-refractivity contribution in [1.82, 2.24) is 29.1 Å². The Bertz CT molecular complexity index is 3460. The maximum absolute atomic E-state index is 5.31. The molecular formula is C52H32N6S. The van der Waals surface area contributed by atoms with Crippen LogP contribution < -0.4 is 0 Å². The quantitative estimate of drug-likeness (QED) is 0.169. The van der Waals surface area contributed by atoms with Crippen molar-refractivity contribution in [1.29, 1.82) is 0 Å². The minimum Gasteiger partial charge on any atom is -0.309 e. The fourth-order valence-electron chi connectivity index (χ4n) is 8.58. The third-order valence-corrected chi connectivity index (χ3v) is 12.3. The molecule has 4 aromatic heterocycles. The Hall–Kier alpha value is -7.74. The van der Waals surface area contributed by atoms with E-state index in [2.05, 4.69) is 161 Å². The molecule has 0 aliphatic carbocycles. The summed E-state index contributed by atoms with van der Waals surface area (Å²) < 4.78 is 5.96. The highest BCUT2D eigenvalue weighted by molar-refractivity contribution is 7.21. The number of aromatic nitrogens is 6. The molecule has 7 heteroatoms. The van der Waals surface area contributed by atoms with Crippen LogP contribution >= 0.6 is 11.3 Å². The average molecular weight is 773 g/mol. The van der Waals surface area contributed by atoms with Crippen LogP contribution in [0, 0.1) is 0 Å². The molecule has 0 N–H and O–H groups in total. The molecule has 0 spiro atoms. The van der Waals surface area contributed by atoms with Gasteiger partial charge in [0.25, 0.3) is 0 Å². The Kier molecular flexibility index (Phi) is 7.61. The van der Waals surface area contributed by atoms with Crippen molar-refractivity contribution in [3.63, 3.8) is 0 Å². The van der Waals surface area contributed by atoms with Crippen LogP contribution in [0.1, 0.15) is 0 Å². The Morgan fingerprint density at radius 1 is 0.390 bits per heavy atom. The molecule has 59 heavy (non-hydrogen) atoms. The third-order valence-electron chi connectivity index (χ3n) is 11.2. The number of hydrogen-bond acceptors (Lipinski definition) is 5. The van der Waals surface area contributed by atoms with Gasteiger partial charge in [0.15, 0.2) is 17.5 Å². The smallest absolute Gasteiger partial charge is 0.166 e. The van der Waals surface area contributed by atoms with E-state index in [0.29, 0.717) is 17.5 Å². The molecule has 4 heterocycles. The molecule has 276 valence electrons. The second-order valence-electron chi connectivity index (χ2n) is 14.7. The summed E-state index contributed by atoms with van der Waals surface area (Å²) in [5, 5.41) is 5.66. The second-order valence-corrected chi connectivity index (χ2v) is 15.7. The lowest BCUT2D eigenvalue weighted by Gasteiger charge is -2.16. The van der Waals surface area contributed by atoms with Crippen molar-refractivity contribution in [2.45, 2.75) is 0 Å². The number of thiazole rings is 1. The largest absolute Gasteiger partial charge is 0.309 e. The summed E-state index contributed by atoms with van der Waals surface area (Å²) in [6, 6.07) is 68.0. The molecule has 0 saturated carbocycles. The first-order valence-corrected chi connectivity index (χ1v) is 20.5. The van der Waals surface area contributed by atoms with E-state index in [1.165, 1.54) is 21.5 Å². The van der Waals surface area contributed by atoms with Gasteiger partial charge in [0, 0.05) is 49.5 Å². The predicted octanol–water partition coefficient (Wildman–Crippen LogP) is 13.3. The zero-order valence-corrected chi connectivity index (χ0v) is 32.4. The molecule has 0 unspecified atom stereocenters. The molecule has 6 nitrogen and oxygen atoms in total. The van der Waals surface area contributed by atoms with E-state index >= 15 is 0 Å². The second kappa shape index (κ2) is 13.4. The minimum atomic E-state index is 0.584. The van der Waals surface area contributed by atoms with Gasteiger partial charge in [-0.2, -0.15) is 0 Å². The van der Waals surface area contributed by atoms with Crippen LogP contribution in [0.25, 0.3) is 110 Å². The molecular weight excluding hydrogens is 741 g/mol. The van der Waals surface area contributed by atoms with E-state index in [9.17, 15) is 0 Å². The summed E-state index contributed by atoms with van der Waals surface area (Å²) >= 11 is 1.69. The lowest BCUT2D eigenvalue weighted by atomic mass is 10.1. The summed E-state index contributed by atoms with van der Waals surface area (Å²) in [6.45, 7) is 0. The van der Waals surface area contributed by atoms with Crippen molar-refractivity contribution >= 4 is 65.2 Å². The number of hydrogen-bond donors (Lipinski definition) is 0. The number of nitrogens with zero attached hydrogens (tertiary/aromatic N) is 6. The third kappa shape index (κ3) is 5.40. The molecule has 0 bridgehead atoms. The van der Waals surface area contributed by atoms with Crippen molar-refractivity contribution in [3.05, 3.63) is 194 Å². The van der Waals surface area contributed by atoms with Gasteiger partial charge in [-0.05, 0) is 60.7 Å². The molecule has 0 atom stereocenters. The number of benzene rings is 8. The highest BCUT2D eigenvalue weighted by atomic mass is 32.1. The maximum Gasteiger partial charge on any atom is 0.166 e. The minimum absolute atomic E-state index is 0.584. The summed E-state index contributed by atoms with van der Waals surface area (Å²) in [7, 11) is 0. The molecule has 0 aliphatic rings. The van der Waals surface area contributed by atoms with E-state index in [1.807, 2.05) is 42.5 Å². The number of fused-ring (bicyclic) bond motifs is 8. The summed E-state index contributed by atoms with van der Waals surface area (Å²) in [5.41, 5.74) is 11.3. The van der Waals surface area contributed by atoms with Crippen molar-refractivity contribution < 1.29 is 0 Å². The predicted molar refractivity (Wildman–Crippen MR) is 243 cm³/mol. The first-order chi connectivity index (χ1) is 29.3. The SMILES string of the molecule is c1ccc(-c2nc(-c3ccccc3)nc(-c3cc(-c4nc5ccccc5s4)ccc3-n3c4ccccc4c4ccc5c(c6ccccc6n5-c5ccccc5)c43)n2)cc1. The highest BCUT2D eigenvalue weighted by Gasteiger charge is 2.24. The summed E-state index contributed by atoms with van der Waals surface area (Å²) in [4.78, 5) is 20.8. The zero-order chi connectivity index (χ0) is 38.9. The van der Waals surface area contributed by atoms with Gasteiger partial charge >= 0.3 is 0 Å². The Labute approximate surface area is 343 Å². The van der Waals surface area contributed by atoms with Gasteiger partial charge < -0.3 is 9.13 Å². The van der Waals surface area contributed by atoms with E-state index in [0.717, 1.165) is 70.9 Å².